The zero-order valence-electron chi connectivity index (χ0n) is 12.7. The molecule has 0 unspecified atom stereocenters. The van der Waals surface area contributed by atoms with Gasteiger partial charge in [0.25, 0.3) is 5.91 Å². The minimum Gasteiger partial charge on any atom is -0.371 e. The van der Waals surface area contributed by atoms with Crippen LogP contribution in [0.3, 0.4) is 0 Å². The third kappa shape index (κ3) is 3.64. The first kappa shape index (κ1) is 15.8. The zero-order chi connectivity index (χ0) is 16.2. The fourth-order valence-corrected chi connectivity index (χ4v) is 3.04. The number of nitrogens with zero attached hydrogens (tertiary/aromatic N) is 1. The lowest BCUT2D eigenvalue weighted by molar-refractivity contribution is 0.0949. The van der Waals surface area contributed by atoms with Gasteiger partial charge in [-0.05, 0) is 42.7 Å². The normalized spacial score (nSPS) is 13.0. The highest BCUT2D eigenvalue weighted by Crippen LogP contribution is 2.27. The monoisotopic (exact) mass is 332 g/mol. The molecule has 0 saturated carbocycles. The molecule has 0 bridgehead atoms. The predicted octanol–water partition coefficient (Wildman–Crippen LogP) is 3.66. The number of anilines is 1. The Balaban J connectivity index is 1.48. The van der Waals surface area contributed by atoms with Gasteiger partial charge in [0.05, 0.1) is 5.56 Å². The van der Waals surface area contributed by atoms with E-state index >= 15 is 0 Å². The number of carbonyl (C=O) groups is 1. The van der Waals surface area contributed by atoms with Gasteiger partial charge < -0.3 is 10.2 Å². The molecular weight excluding hydrogens is 315 g/mol. The molecule has 1 N–H and O–H groups in total. The van der Waals surface area contributed by atoms with Crippen molar-refractivity contribution in [2.24, 2.45) is 0 Å². The molecule has 0 saturated heterocycles. The highest BCUT2D eigenvalue weighted by molar-refractivity contribution is 6.30. The Bertz CT molecular complexity index is 720. The van der Waals surface area contributed by atoms with Crippen LogP contribution in [0.15, 0.2) is 42.5 Å². The number of hydrogen-bond acceptors (Lipinski definition) is 2. The average molecular weight is 333 g/mol. The van der Waals surface area contributed by atoms with Gasteiger partial charge in [-0.25, -0.2) is 4.39 Å². The topological polar surface area (TPSA) is 32.3 Å². The van der Waals surface area contributed by atoms with E-state index < -0.39 is 11.7 Å². The number of rotatable bonds is 5. The zero-order valence-corrected chi connectivity index (χ0v) is 13.4. The van der Waals surface area contributed by atoms with E-state index in [4.69, 9.17) is 11.6 Å². The number of halogens is 2. The standard InChI is InChI=1S/C18H18ClFN2O/c19-14-6-7-15(16(20)12-14)18(23)21-9-3-10-22-11-8-13-4-1-2-5-17(13)22/h1-2,4-7,12H,3,8-11H2,(H,21,23). The molecule has 0 fully saturated rings. The van der Waals surface area contributed by atoms with E-state index in [9.17, 15) is 9.18 Å². The summed E-state index contributed by atoms with van der Waals surface area (Å²) in [7, 11) is 0. The molecule has 23 heavy (non-hydrogen) atoms. The van der Waals surface area contributed by atoms with Crippen LogP contribution in [0.4, 0.5) is 10.1 Å². The summed E-state index contributed by atoms with van der Waals surface area (Å²) in [6, 6.07) is 12.5. The van der Waals surface area contributed by atoms with Crippen molar-refractivity contribution in [1.82, 2.24) is 5.32 Å². The van der Waals surface area contributed by atoms with Crippen molar-refractivity contribution in [2.45, 2.75) is 12.8 Å². The van der Waals surface area contributed by atoms with Crippen LogP contribution >= 0.6 is 11.6 Å². The van der Waals surface area contributed by atoms with Crippen LogP contribution in [0.5, 0.6) is 0 Å². The fraction of sp³-hybridized carbons (Fsp3) is 0.278. The SMILES string of the molecule is O=C(NCCCN1CCc2ccccc21)c1ccc(Cl)cc1F. The van der Waals surface area contributed by atoms with Gasteiger partial charge in [0.15, 0.2) is 0 Å². The van der Waals surface area contributed by atoms with Gasteiger partial charge >= 0.3 is 0 Å². The fourth-order valence-electron chi connectivity index (χ4n) is 2.88. The molecule has 0 atom stereocenters. The molecule has 3 nitrogen and oxygen atoms in total. The van der Waals surface area contributed by atoms with Crippen LogP contribution in [0, 0.1) is 5.82 Å². The van der Waals surface area contributed by atoms with Crippen LogP contribution in [0.25, 0.3) is 0 Å². The van der Waals surface area contributed by atoms with Gasteiger partial charge in [0.2, 0.25) is 0 Å². The molecule has 1 aliphatic rings. The lowest BCUT2D eigenvalue weighted by Crippen LogP contribution is -2.29. The summed E-state index contributed by atoms with van der Waals surface area (Å²) in [5, 5.41) is 3.04. The average Bonchev–Trinajstić information content (AvgIpc) is 2.94. The molecule has 2 aromatic carbocycles. The molecule has 0 aliphatic carbocycles. The van der Waals surface area contributed by atoms with Gasteiger partial charge in [0.1, 0.15) is 5.82 Å². The first-order chi connectivity index (χ1) is 11.1. The second-order valence-corrected chi connectivity index (χ2v) is 6.04. The Morgan fingerprint density at radius 2 is 2.09 bits per heavy atom. The van der Waals surface area contributed by atoms with Crippen LogP contribution in [-0.4, -0.2) is 25.5 Å². The maximum Gasteiger partial charge on any atom is 0.254 e. The summed E-state index contributed by atoms with van der Waals surface area (Å²) in [5.74, 6) is -0.996. The van der Waals surface area contributed by atoms with Crippen molar-refractivity contribution >= 4 is 23.2 Å². The van der Waals surface area contributed by atoms with Gasteiger partial charge in [-0.15, -0.1) is 0 Å². The third-order valence-electron chi connectivity index (χ3n) is 4.05. The van der Waals surface area contributed by atoms with Crippen LogP contribution < -0.4 is 10.2 Å². The Labute approximate surface area is 140 Å². The smallest absolute Gasteiger partial charge is 0.254 e. The highest BCUT2D eigenvalue weighted by atomic mass is 35.5. The molecule has 1 heterocycles. The highest BCUT2D eigenvalue weighted by Gasteiger charge is 2.17. The predicted molar refractivity (Wildman–Crippen MR) is 90.7 cm³/mol. The Morgan fingerprint density at radius 1 is 1.26 bits per heavy atom. The molecule has 1 aliphatic heterocycles. The second-order valence-electron chi connectivity index (χ2n) is 5.60. The van der Waals surface area contributed by atoms with E-state index in [2.05, 4.69) is 28.4 Å². The van der Waals surface area contributed by atoms with Crippen molar-refractivity contribution in [1.29, 1.82) is 0 Å². The van der Waals surface area contributed by atoms with Crippen LogP contribution in [-0.2, 0) is 6.42 Å². The summed E-state index contributed by atoms with van der Waals surface area (Å²) < 4.78 is 13.7. The number of hydrogen-bond donors (Lipinski definition) is 1. The van der Waals surface area contributed by atoms with Crippen molar-refractivity contribution in [3.05, 3.63) is 64.4 Å². The lowest BCUT2D eigenvalue weighted by Gasteiger charge is -2.19. The molecule has 0 aromatic heterocycles. The molecule has 120 valence electrons. The van der Waals surface area contributed by atoms with Gasteiger partial charge in [-0.2, -0.15) is 0 Å². The third-order valence-corrected chi connectivity index (χ3v) is 4.28. The summed E-state index contributed by atoms with van der Waals surface area (Å²) in [6.07, 6.45) is 1.88. The second kappa shape index (κ2) is 7.01. The first-order valence-corrected chi connectivity index (χ1v) is 8.09. The maximum atomic E-state index is 13.7. The quantitative estimate of drug-likeness (QED) is 0.847. The Kier molecular flexibility index (Phi) is 4.82. The molecule has 2 aromatic rings. The van der Waals surface area contributed by atoms with E-state index in [1.54, 1.807) is 0 Å². The van der Waals surface area contributed by atoms with Gasteiger partial charge in [-0.1, -0.05) is 29.8 Å². The van der Waals surface area contributed by atoms with Gasteiger partial charge in [-0.3, -0.25) is 4.79 Å². The number of amides is 1. The molecule has 3 rings (SSSR count). The first-order valence-electron chi connectivity index (χ1n) is 7.71. The van der Waals surface area contributed by atoms with E-state index in [1.807, 2.05) is 6.07 Å². The number of carbonyl (C=O) groups excluding carboxylic acids is 1. The summed E-state index contributed by atoms with van der Waals surface area (Å²) in [4.78, 5) is 14.3. The number of nitrogens with one attached hydrogen (secondary N) is 1. The van der Waals surface area contributed by atoms with Gasteiger partial charge in [0, 0.05) is 30.3 Å². The minimum atomic E-state index is -0.594. The number of benzene rings is 2. The molecular formula is C18H18ClFN2O. The lowest BCUT2D eigenvalue weighted by atomic mass is 10.2. The molecule has 1 amide bonds. The summed E-state index contributed by atoms with van der Waals surface area (Å²) in [5.41, 5.74) is 2.68. The van der Waals surface area contributed by atoms with E-state index in [1.165, 1.54) is 23.4 Å². The van der Waals surface area contributed by atoms with Crippen molar-refractivity contribution in [3.63, 3.8) is 0 Å². The van der Waals surface area contributed by atoms with E-state index in [0.717, 1.165) is 32.0 Å². The number of para-hydroxylation sites is 1. The summed E-state index contributed by atoms with van der Waals surface area (Å²) in [6.45, 7) is 2.40. The molecule has 0 radical (unpaired) electrons. The minimum absolute atomic E-state index is 0.0286. The van der Waals surface area contributed by atoms with Crippen molar-refractivity contribution in [2.75, 3.05) is 24.5 Å². The largest absolute Gasteiger partial charge is 0.371 e. The van der Waals surface area contributed by atoms with E-state index in [-0.39, 0.29) is 10.6 Å². The number of fused-ring (bicyclic) bond motifs is 1. The summed E-state index contributed by atoms with van der Waals surface area (Å²) >= 11 is 5.69. The molecule has 0 spiro atoms. The Hall–Kier alpha value is -2.07. The Morgan fingerprint density at radius 3 is 2.91 bits per heavy atom. The van der Waals surface area contributed by atoms with Crippen molar-refractivity contribution in [3.8, 4) is 0 Å². The maximum absolute atomic E-state index is 13.7. The van der Waals surface area contributed by atoms with Crippen LogP contribution in [0.1, 0.15) is 22.3 Å². The van der Waals surface area contributed by atoms with E-state index in [0.29, 0.717) is 6.54 Å². The molecule has 5 heteroatoms. The van der Waals surface area contributed by atoms with Crippen LogP contribution in [0.2, 0.25) is 5.02 Å². The van der Waals surface area contributed by atoms with Crippen molar-refractivity contribution < 1.29 is 9.18 Å².